The molecule has 0 aliphatic heterocycles. The van der Waals surface area contributed by atoms with Crippen LogP contribution < -0.4 is 5.32 Å². The first kappa shape index (κ1) is 13.7. The van der Waals surface area contributed by atoms with Gasteiger partial charge in [-0.3, -0.25) is 10.1 Å². The average Bonchev–Trinajstić information content (AvgIpc) is 2.93. The molecule has 19 heavy (non-hydrogen) atoms. The summed E-state index contributed by atoms with van der Waals surface area (Å²) in [5, 5.41) is 13.9. The summed E-state index contributed by atoms with van der Waals surface area (Å²) in [6, 6.07) is 3.71. The Labute approximate surface area is 113 Å². The normalized spacial score (nSPS) is 15.9. The molecule has 0 bridgehead atoms. The summed E-state index contributed by atoms with van der Waals surface area (Å²) in [5.74, 6) is 0.354. The van der Waals surface area contributed by atoms with Gasteiger partial charge in [0.1, 0.15) is 0 Å². The molecule has 6 nitrogen and oxygen atoms in total. The van der Waals surface area contributed by atoms with Crippen LogP contribution in [0.25, 0.3) is 0 Å². The van der Waals surface area contributed by atoms with E-state index >= 15 is 0 Å². The Balaban J connectivity index is 1.83. The maximum Gasteiger partial charge on any atom is 0.311 e. The van der Waals surface area contributed by atoms with Crippen molar-refractivity contribution in [1.29, 1.82) is 0 Å². The van der Waals surface area contributed by atoms with E-state index in [0.717, 1.165) is 6.54 Å². The summed E-state index contributed by atoms with van der Waals surface area (Å²) < 4.78 is 0. The number of nitrogens with zero attached hydrogens (tertiary/aromatic N) is 3. The smallest absolute Gasteiger partial charge is 0.311 e. The quantitative estimate of drug-likeness (QED) is 0.630. The Hall–Kier alpha value is -1.69. The second-order valence-electron chi connectivity index (χ2n) is 4.97. The second kappa shape index (κ2) is 6.47. The van der Waals surface area contributed by atoms with Crippen LogP contribution in [0.5, 0.6) is 0 Å². The van der Waals surface area contributed by atoms with Crippen molar-refractivity contribution in [3.8, 4) is 0 Å². The first-order valence-electron chi connectivity index (χ1n) is 6.72. The molecule has 104 valence electrons. The van der Waals surface area contributed by atoms with E-state index in [1.807, 2.05) is 0 Å². The van der Waals surface area contributed by atoms with Crippen LogP contribution in [0.4, 0.5) is 11.5 Å². The molecule has 1 aromatic rings. The minimum Gasteiger partial charge on any atom is -0.363 e. The molecule has 0 amide bonds. The van der Waals surface area contributed by atoms with Crippen LogP contribution in [-0.2, 0) is 0 Å². The number of hydrogen-bond acceptors (Lipinski definition) is 5. The predicted octanol–water partition coefficient (Wildman–Crippen LogP) is 2.28. The highest BCUT2D eigenvalue weighted by Gasteiger charge is 2.19. The van der Waals surface area contributed by atoms with Crippen LogP contribution >= 0.6 is 0 Å². The Bertz CT molecular complexity index is 432. The number of hydrogen-bond donors (Lipinski definition) is 1. The number of nitrogens with one attached hydrogen (secondary N) is 1. The molecule has 1 aromatic heterocycles. The Morgan fingerprint density at radius 3 is 2.95 bits per heavy atom. The fourth-order valence-electron chi connectivity index (χ4n) is 2.56. The van der Waals surface area contributed by atoms with Crippen molar-refractivity contribution in [2.75, 3.05) is 25.5 Å². The van der Waals surface area contributed by atoms with Gasteiger partial charge in [-0.15, -0.1) is 0 Å². The molecule has 0 aromatic carbocycles. The molecule has 6 heteroatoms. The number of anilines is 1. The van der Waals surface area contributed by atoms with Gasteiger partial charge in [0.15, 0.2) is 0 Å². The molecule has 1 aliphatic carbocycles. The predicted molar refractivity (Wildman–Crippen MR) is 74.3 cm³/mol. The Morgan fingerprint density at radius 1 is 1.53 bits per heavy atom. The number of nitro groups is 1. The van der Waals surface area contributed by atoms with E-state index < -0.39 is 4.92 Å². The highest BCUT2D eigenvalue weighted by Crippen LogP contribution is 2.22. The molecule has 0 atom stereocenters. The lowest BCUT2D eigenvalue weighted by atomic mass is 10.2. The molecule has 0 unspecified atom stereocenters. The van der Waals surface area contributed by atoms with E-state index in [0.29, 0.717) is 18.4 Å². The lowest BCUT2D eigenvalue weighted by Crippen LogP contribution is -2.33. The SMILES string of the molecule is CN(CCNc1ncccc1[N+](=O)[O-])C1CCCC1. The standard InChI is InChI=1S/C13H20N4O2/c1-16(11-5-2-3-6-11)10-9-15-13-12(17(18)19)7-4-8-14-13/h4,7-8,11H,2-3,5-6,9-10H2,1H3,(H,14,15). The first-order valence-corrected chi connectivity index (χ1v) is 6.72. The molecule has 1 aliphatic rings. The van der Waals surface area contributed by atoms with Crippen molar-refractivity contribution < 1.29 is 4.92 Å². The minimum atomic E-state index is -0.407. The van der Waals surface area contributed by atoms with Crippen LogP contribution in [0.3, 0.4) is 0 Å². The number of pyridine rings is 1. The third-order valence-corrected chi connectivity index (χ3v) is 3.69. The largest absolute Gasteiger partial charge is 0.363 e. The van der Waals surface area contributed by atoms with Gasteiger partial charge in [0.05, 0.1) is 4.92 Å². The van der Waals surface area contributed by atoms with Gasteiger partial charge in [-0.25, -0.2) is 4.98 Å². The van der Waals surface area contributed by atoms with Gasteiger partial charge in [-0.2, -0.15) is 0 Å². The van der Waals surface area contributed by atoms with Gasteiger partial charge in [0.25, 0.3) is 0 Å². The summed E-state index contributed by atoms with van der Waals surface area (Å²) in [6.45, 7) is 1.54. The van der Waals surface area contributed by atoms with Crippen molar-refractivity contribution in [1.82, 2.24) is 9.88 Å². The van der Waals surface area contributed by atoms with Crippen molar-refractivity contribution >= 4 is 11.5 Å². The molecule has 1 N–H and O–H groups in total. The van der Waals surface area contributed by atoms with E-state index in [-0.39, 0.29) is 5.69 Å². The van der Waals surface area contributed by atoms with E-state index in [4.69, 9.17) is 0 Å². The number of aromatic nitrogens is 1. The van der Waals surface area contributed by atoms with E-state index in [1.54, 1.807) is 12.3 Å². The second-order valence-corrected chi connectivity index (χ2v) is 4.97. The van der Waals surface area contributed by atoms with Gasteiger partial charge >= 0.3 is 5.69 Å². The molecular formula is C13H20N4O2. The van der Waals surface area contributed by atoms with Crippen molar-refractivity contribution in [2.24, 2.45) is 0 Å². The zero-order valence-electron chi connectivity index (χ0n) is 11.2. The molecule has 0 spiro atoms. The summed E-state index contributed by atoms with van der Waals surface area (Å²) >= 11 is 0. The first-order chi connectivity index (χ1) is 9.18. The van der Waals surface area contributed by atoms with Gasteiger partial charge in [-0.05, 0) is 26.0 Å². The lowest BCUT2D eigenvalue weighted by molar-refractivity contribution is -0.384. The third-order valence-electron chi connectivity index (χ3n) is 3.69. The van der Waals surface area contributed by atoms with Crippen molar-refractivity contribution in [3.63, 3.8) is 0 Å². The van der Waals surface area contributed by atoms with Crippen LogP contribution in [0.15, 0.2) is 18.3 Å². The van der Waals surface area contributed by atoms with E-state index in [1.165, 1.54) is 31.7 Å². The molecule has 2 rings (SSSR count). The molecular weight excluding hydrogens is 244 g/mol. The van der Waals surface area contributed by atoms with Crippen LogP contribution in [0.2, 0.25) is 0 Å². The molecule has 1 heterocycles. The van der Waals surface area contributed by atoms with Crippen molar-refractivity contribution in [3.05, 3.63) is 28.4 Å². The minimum absolute atomic E-state index is 0.0334. The molecule has 0 radical (unpaired) electrons. The highest BCUT2D eigenvalue weighted by atomic mass is 16.6. The maximum atomic E-state index is 10.8. The zero-order valence-corrected chi connectivity index (χ0v) is 11.2. The highest BCUT2D eigenvalue weighted by molar-refractivity contribution is 5.54. The zero-order chi connectivity index (χ0) is 13.7. The van der Waals surface area contributed by atoms with E-state index in [2.05, 4.69) is 22.2 Å². The average molecular weight is 264 g/mol. The lowest BCUT2D eigenvalue weighted by Gasteiger charge is -2.23. The maximum absolute atomic E-state index is 10.8. The van der Waals surface area contributed by atoms with Gasteiger partial charge in [0, 0.05) is 31.4 Å². The topological polar surface area (TPSA) is 71.3 Å². The van der Waals surface area contributed by atoms with Crippen molar-refractivity contribution in [2.45, 2.75) is 31.7 Å². The summed E-state index contributed by atoms with van der Waals surface area (Å²) in [4.78, 5) is 16.8. The van der Waals surface area contributed by atoms with Gasteiger partial charge in [0.2, 0.25) is 5.82 Å². The fraction of sp³-hybridized carbons (Fsp3) is 0.615. The van der Waals surface area contributed by atoms with Crippen LogP contribution in [0, 0.1) is 10.1 Å². The summed E-state index contributed by atoms with van der Waals surface area (Å²) in [7, 11) is 2.12. The molecule has 0 saturated heterocycles. The van der Waals surface area contributed by atoms with Crippen LogP contribution in [0.1, 0.15) is 25.7 Å². The molecule has 1 saturated carbocycles. The summed E-state index contributed by atoms with van der Waals surface area (Å²) in [6.07, 6.45) is 6.72. The number of rotatable bonds is 6. The summed E-state index contributed by atoms with van der Waals surface area (Å²) in [5.41, 5.74) is 0.0334. The Kier molecular flexibility index (Phi) is 4.68. The third kappa shape index (κ3) is 3.64. The number of likely N-dealkylation sites (N-methyl/N-ethyl adjacent to an activating group) is 1. The Morgan fingerprint density at radius 2 is 2.26 bits per heavy atom. The van der Waals surface area contributed by atoms with Gasteiger partial charge < -0.3 is 10.2 Å². The molecule has 1 fully saturated rings. The van der Waals surface area contributed by atoms with Crippen LogP contribution in [-0.4, -0.2) is 41.0 Å². The van der Waals surface area contributed by atoms with E-state index in [9.17, 15) is 10.1 Å². The fourth-order valence-corrected chi connectivity index (χ4v) is 2.56. The monoisotopic (exact) mass is 264 g/mol. The van der Waals surface area contributed by atoms with Gasteiger partial charge in [-0.1, -0.05) is 12.8 Å².